The van der Waals surface area contributed by atoms with Crippen LogP contribution in [-0.4, -0.2) is 28.5 Å². The van der Waals surface area contributed by atoms with Gasteiger partial charge in [-0.25, -0.2) is 0 Å². The summed E-state index contributed by atoms with van der Waals surface area (Å²) in [6.45, 7) is 4.26. The van der Waals surface area contributed by atoms with Crippen LogP contribution >= 0.6 is 11.8 Å². The standard InChI is InChI=1S/C35H32N4O3S/c1-23(2)24-12-14-27(15-13-24)37-33(40)22-43-29-18-16-28(17-19-29)38-35(42)32(39-34(41)25-8-4-3-5-9-25)20-26-21-36-31-11-7-6-10-30(26)31/h3-21,23,36H,22H2,1-2H3,(H,37,40)(H,38,42)(H,39,41). The molecular formula is C35H32N4O3S. The number of amides is 3. The molecule has 1 aromatic heterocycles. The molecule has 5 rings (SSSR count). The molecule has 0 spiro atoms. The number of H-pyrrole nitrogens is 1. The second kappa shape index (κ2) is 13.7. The van der Waals surface area contributed by atoms with Crippen molar-refractivity contribution in [2.75, 3.05) is 16.4 Å². The normalized spacial score (nSPS) is 11.4. The number of fused-ring (bicyclic) bond motifs is 1. The van der Waals surface area contributed by atoms with Crippen LogP contribution in [0.15, 0.2) is 120 Å². The van der Waals surface area contributed by atoms with E-state index in [9.17, 15) is 14.4 Å². The first-order valence-electron chi connectivity index (χ1n) is 13.9. The maximum Gasteiger partial charge on any atom is 0.272 e. The Balaban J connectivity index is 1.24. The van der Waals surface area contributed by atoms with Gasteiger partial charge in [-0.1, -0.05) is 62.4 Å². The van der Waals surface area contributed by atoms with Crippen LogP contribution in [0.1, 0.15) is 41.3 Å². The van der Waals surface area contributed by atoms with E-state index in [4.69, 9.17) is 0 Å². The average molecular weight is 589 g/mol. The Kier molecular flexibility index (Phi) is 9.39. The smallest absolute Gasteiger partial charge is 0.272 e. The predicted molar refractivity (Wildman–Crippen MR) is 175 cm³/mol. The molecule has 0 radical (unpaired) electrons. The lowest BCUT2D eigenvalue weighted by Crippen LogP contribution is -2.30. The van der Waals surface area contributed by atoms with E-state index in [0.29, 0.717) is 17.2 Å². The monoisotopic (exact) mass is 588 g/mol. The van der Waals surface area contributed by atoms with Gasteiger partial charge in [0.2, 0.25) is 5.91 Å². The molecule has 0 fully saturated rings. The van der Waals surface area contributed by atoms with Crippen molar-refractivity contribution < 1.29 is 14.4 Å². The van der Waals surface area contributed by atoms with Crippen molar-refractivity contribution in [3.8, 4) is 0 Å². The Bertz CT molecular complexity index is 1760. The highest BCUT2D eigenvalue weighted by atomic mass is 32.2. The number of hydrogen-bond acceptors (Lipinski definition) is 4. The van der Waals surface area contributed by atoms with Crippen molar-refractivity contribution >= 4 is 57.8 Å². The van der Waals surface area contributed by atoms with Crippen LogP contribution in [0.3, 0.4) is 0 Å². The minimum absolute atomic E-state index is 0.0964. The molecule has 0 bridgehead atoms. The van der Waals surface area contributed by atoms with Crippen LogP contribution in [0.2, 0.25) is 0 Å². The Labute approximate surface area is 254 Å². The summed E-state index contributed by atoms with van der Waals surface area (Å²) in [5.74, 6) is -0.259. The van der Waals surface area contributed by atoms with Crippen molar-refractivity contribution in [1.82, 2.24) is 10.3 Å². The van der Waals surface area contributed by atoms with Gasteiger partial charge in [0.15, 0.2) is 0 Å². The summed E-state index contributed by atoms with van der Waals surface area (Å²) >= 11 is 1.40. The van der Waals surface area contributed by atoms with E-state index in [1.807, 2.05) is 66.7 Å². The Morgan fingerprint density at radius 2 is 1.44 bits per heavy atom. The average Bonchev–Trinajstić information content (AvgIpc) is 3.43. The van der Waals surface area contributed by atoms with Gasteiger partial charge in [0.05, 0.1) is 5.75 Å². The van der Waals surface area contributed by atoms with E-state index in [1.165, 1.54) is 17.3 Å². The third kappa shape index (κ3) is 7.81. The first-order valence-corrected chi connectivity index (χ1v) is 14.9. The molecule has 4 aromatic carbocycles. The predicted octanol–water partition coefficient (Wildman–Crippen LogP) is 7.43. The van der Waals surface area contributed by atoms with Gasteiger partial charge in [0.1, 0.15) is 5.70 Å². The number of aromatic nitrogens is 1. The first-order chi connectivity index (χ1) is 20.9. The molecule has 43 heavy (non-hydrogen) atoms. The summed E-state index contributed by atoms with van der Waals surface area (Å²) in [4.78, 5) is 42.9. The van der Waals surface area contributed by atoms with Crippen molar-refractivity contribution in [1.29, 1.82) is 0 Å². The van der Waals surface area contributed by atoms with Crippen molar-refractivity contribution in [3.05, 3.63) is 132 Å². The summed E-state index contributed by atoms with van der Waals surface area (Å²) in [7, 11) is 0. The van der Waals surface area contributed by atoms with Crippen LogP contribution in [0.4, 0.5) is 11.4 Å². The molecule has 7 nitrogen and oxygen atoms in total. The Morgan fingerprint density at radius 3 is 2.16 bits per heavy atom. The maximum atomic E-state index is 13.4. The lowest BCUT2D eigenvalue weighted by Gasteiger charge is -2.12. The number of para-hydroxylation sites is 1. The zero-order chi connectivity index (χ0) is 30.2. The fourth-order valence-corrected chi connectivity index (χ4v) is 5.14. The zero-order valence-electron chi connectivity index (χ0n) is 23.9. The van der Waals surface area contributed by atoms with Crippen LogP contribution in [0, 0.1) is 0 Å². The number of anilines is 2. The molecule has 0 aliphatic carbocycles. The number of hydrogen-bond donors (Lipinski definition) is 4. The summed E-state index contributed by atoms with van der Waals surface area (Å²) in [5, 5.41) is 9.51. The number of benzene rings is 4. The van der Waals surface area contributed by atoms with Crippen LogP contribution in [0.5, 0.6) is 0 Å². The fourth-order valence-electron chi connectivity index (χ4n) is 4.44. The third-order valence-electron chi connectivity index (χ3n) is 6.79. The van der Waals surface area contributed by atoms with Gasteiger partial charge in [-0.05, 0) is 72.2 Å². The molecule has 0 unspecified atom stereocenters. The van der Waals surface area contributed by atoms with Gasteiger partial charge in [-0.3, -0.25) is 14.4 Å². The van der Waals surface area contributed by atoms with Crippen LogP contribution in [0.25, 0.3) is 17.0 Å². The minimum Gasteiger partial charge on any atom is -0.361 e. The number of thioether (sulfide) groups is 1. The number of nitrogens with one attached hydrogen (secondary N) is 4. The molecule has 0 saturated carbocycles. The summed E-state index contributed by atoms with van der Waals surface area (Å²) in [5.41, 5.74) is 4.79. The van der Waals surface area contributed by atoms with Crippen molar-refractivity contribution in [3.63, 3.8) is 0 Å². The van der Waals surface area contributed by atoms with E-state index in [-0.39, 0.29) is 23.3 Å². The van der Waals surface area contributed by atoms with Gasteiger partial charge >= 0.3 is 0 Å². The number of rotatable bonds is 10. The maximum absolute atomic E-state index is 13.4. The topological polar surface area (TPSA) is 103 Å². The van der Waals surface area contributed by atoms with Crippen LogP contribution < -0.4 is 16.0 Å². The molecule has 0 aliphatic rings. The molecular weight excluding hydrogens is 556 g/mol. The highest BCUT2D eigenvalue weighted by Crippen LogP contribution is 2.23. The largest absolute Gasteiger partial charge is 0.361 e. The van der Waals surface area contributed by atoms with E-state index in [1.54, 1.807) is 48.7 Å². The van der Waals surface area contributed by atoms with Crippen molar-refractivity contribution in [2.45, 2.75) is 24.7 Å². The van der Waals surface area contributed by atoms with E-state index >= 15 is 0 Å². The summed E-state index contributed by atoms with van der Waals surface area (Å²) < 4.78 is 0. The summed E-state index contributed by atoms with van der Waals surface area (Å²) in [6.07, 6.45) is 3.46. The SMILES string of the molecule is CC(C)c1ccc(NC(=O)CSc2ccc(NC(=O)C(=Cc3c[nH]c4ccccc34)NC(=O)c3ccccc3)cc2)cc1. The molecule has 0 aliphatic heterocycles. The number of aromatic amines is 1. The second-order valence-corrected chi connectivity index (χ2v) is 11.3. The third-order valence-corrected chi connectivity index (χ3v) is 7.81. The van der Waals surface area contributed by atoms with Gasteiger partial charge in [0, 0.05) is 44.5 Å². The van der Waals surface area contributed by atoms with Gasteiger partial charge in [-0.2, -0.15) is 0 Å². The molecule has 0 saturated heterocycles. The molecule has 3 amide bonds. The Morgan fingerprint density at radius 1 is 0.791 bits per heavy atom. The molecule has 216 valence electrons. The van der Waals surface area contributed by atoms with Gasteiger partial charge < -0.3 is 20.9 Å². The number of carbonyl (C=O) groups excluding carboxylic acids is 3. The van der Waals surface area contributed by atoms with Crippen molar-refractivity contribution in [2.24, 2.45) is 0 Å². The van der Waals surface area contributed by atoms with E-state index < -0.39 is 5.91 Å². The van der Waals surface area contributed by atoms with E-state index in [2.05, 4.69) is 34.8 Å². The first kappa shape index (κ1) is 29.4. The number of carbonyl (C=O) groups is 3. The summed E-state index contributed by atoms with van der Waals surface area (Å²) in [6, 6.07) is 31.6. The fraction of sp³-hybridized carbons (Fsp3) is 0.114. The molecule has 8 heteroatoms. The lowest BCUT2D eigenvalue weighted by atomic mass is 10.0. The molecule has 4 N–H and O–H groups in total. The molecule has 1 heterocycles. The highest BCUT2D eigenvalue weighted by molar-refractivity contribution is 8.00. The van der Waals surface area contributed by atoms with Gasteiger partial charge in [-0.15, -0.1) is 11.8 Å². The molecule has 0 atom stereocenters. The van der Waals surface area contributed by atoms with Gasteiger partial charge in [0.25, 0.3) is 11.8 Å². The van der Waals surface area contributed by atoms with E-state index in [0.717, 1.165) is 27.0 Å². The second-order valence-electron chi connectivity index (χ2n) is 10.3. The minimum atomic E-state index is -0.460. The highest BCUT2D eigenvalue weighted by Gasteiger charge is 2.16. The van der Waals surface area contributed by atoms with Crippen LogP contribution in [-0.2, 0) is 9.59 Å². The quantitative estimate of drug-likeness (QED) is 0.101. The Hall–Kier alpha value is -5.08. The lowest BCUT2D eigenvalue weighted by molar-refractivity contribution is -0.114. The molecule has 5 aromatic rings. The zero-order valence-corrected chi connectivity index (χ0v) is 24.7.